The molecule has 0 bridgehead atoms. The minimum absolute atomic E-state index is 0. The van der Waals surface area contributed by atoms with Gasteiger partial charge in [0, 0.05) is 19.3 Å². The summed E-state index contributed by atoms with van der Waals surface area (Å²) in [4.78, 5) is 15.2. The Hall–Kier alpha value is -2.35. The Morgan fingerprint density at radius 2 is 1.84 bits per heavy atom. The molecule has 140 valence electrons. The van der Waals surface area contributed by atoms with Crippen LogP contribution in [0.25, 0.3) is 0 Å². The van der Waals surface area contributed by atoms with E-state index in [2.05, 4.69) is 10.3 Å². The molecule has 2 rings (SSSR count). The number of halogens is 3. The summed E-state index contributed by atoms with van der Waals surface area (Å²) in [6.07, 6.45) is -3.66. The Morgan fingerprint density at radius 3 is 2.32 bits per heavy atom. The van der Waals surface area contributed by atoms with Crippen LogP contribution in [0.4, 0.5) is 13.2 Å². The summed E-state index contributed by atoms with van der Waals surface area (Å²) in [6, 6.07) is 9.25. The third-order valence-corrected chi connectivity index (χ3v) is 2.91. The number of carbonyl (C=O) groups is 1. The fraction of sp³-hybridized carbons (Fsp3) is 0.412. The van der Waals surface area contributed by atoms with Crippen molar-refractivity contribution in [2.24, 2.45) is 0 Å². The summed E-state index contributed by atoms with van der Waals surface area (Å²) >= 11 is 0. The number of carbonyl (C=O) groups excluding carboxylic acids is 1. The lowest BCUT2D eigenvalue weighted by Gasteiger charge is -2.07. The van der Waals surface area contributed by atoms with Crippen LogP contribution in [-0.2, 0) is 24.1 Å². The molecule has 2 N–H and O–H groups in total. The van der Waals surface area contributed by atoms with Gasteiger partial charge in [-0.25, -0.2) is 4.98 Å². The quantitative estimate of drug-likeness (QED) is 0.881. The molecule has 1 aromatic heterocycles. The second kappa shape index (κ2) is 10.5. The number of aliphatic hydroxyl groups is 1. The Morgan fingerprint density at radius 1 is 1.28 bits per heavy atom. The van der Waals surface area contributed by atoms with Crippen molar-refractivity contribution < 1.29 is 23.1 Å². The molecule has 0 fully saturated rings. The number of alkyl halides is 3. The van der Waals surface area contributed by atoms with E-state index in [1.54, 1.807) is 6.92 Å². The number of amides is 1. The van der Waals surface area contributed by atoms with Gasteiger partial charge >= 0.3 is 6.18 Å². The third-order valence-electron chi connectivity index (χ3n) is 2.91. The molecule has 2 aromatic rings. The SMILES string of the molecule is C.CCO.Cc1nc(C(F)(F)F)cn1CC(=O)NCc1ccccc1. The fourth-order valence-electron chi connectivity index (χ4n) is 1.81. The molecule has 0 spiro atoms. The first-order valence-electron chi connectivity index (χ1n) is 7.30. The van der Waals surface area contributed by atoms with E-state index in [-0.39, 0.29) is 32.3 Å². The molecule has 0 radical (unpaired) electrons. The van der Waals surface area contributed by atoms with Crippen molar-refractivity contribution in [3.05, 3.63) is 53.6 Å². The lowest BCUT2D eigenvalue weighted by molar-refractivity contribution is -0.141. The zero-order valence-electron chi connectivity index (χ0n) is 13.5. The van der Waals surface area contributed by atoms with Gasteiger partial charge in [0.05, 0.1) is 0 Å². The Kier molecular flexibility index (Phi) is 9.51. The molecule has 0 aliphatic heterocycles. The number of rotatable bonds is 4. The maximum Gasteiger partial charge on any atom is 0.434 e. The first kappa shape index (κ1) is 22.6. The summed E-state index contributed by atoms with van der Waals surface area (Å²) < 4.78 is 38.7. The molecular formula is C17H24F3N3O2. The fourth-order valence-corrected chi connectivity index (χ4v) is 1.81. The van der Waals surface area contributed by atoms with Gasteiger partial charge in [-0.2, -0.15) is 13.2 Å². The topological polar surface area (TPSA) is 67.2 Å². The molecule has 0 aliphatic carbocycles. The average molecular weight is 359 g/mol. The van der Waals surface area contributed by atoms with Crippen LogP contribution in [0, 0.1) is 6.92 Å². The monoisotopic (exact) mass is 359 g/mol. The lowest BCUT2D eigenvalue weighted by Crippen LogP contribution is -2.27. The highest BCUT2D eigenvalue weighted by Crippen LogP contribution is 2.28. The van der Waals surface area contributed by atoms with Crippen molar-refractivity contribution in [2.45, 2.75) is 40.5 Å². The normalized spacial score (nSPS) is 10.3. The molecule has 0 atom stereocenters. The minimum atomic E-state index is -4.50. The molecule has 0 aliphatic rings. The van der Waals surface area contributed by atoms with E-state index in [1.807, 2.05) is 30.3 Å². The standard InChI is InChI=1S/C14H14F3N3O.C2H6O.CH4/c1-10-19-12(14(15,16)17)8-20(10)9-13(21)18-7-11-5-3-2-4-6-11;1-2-3;/h2-6,8H,7,9H2,1H3,(H,18,21);3H,2H2,1H3;1H4. The van der Waals surface area contributed by atoms with E-state index in [9.17, 15) is 18.0 Å². The van der Waals surface area contributed by atoms with Gasteiger partial charge in [0.25, 0.3) is 0 Å². The van der Waals surface area contributed by atoms with E-state index >= 15 is 0 Å². The van der Waals surface area contributed by atoms with Gasteiger partial charge in [0.15, 0.2) is 5.69 Å². The third kappa shape index (κ3) is 7.84. The Bertz CT molecular complexity index is 640. The highest BCUT2D eigenvalue weighted by molar-refractivity contribution is 5.75. The predicted octanol–water partition coefficient (Wildman–Crippen LogP) is 3.16. The summed E-state index contributed by atoms with van der Waals surface area (Å²) in [5.74, 6) is -0.217. The molecule has 1 aromatic carbocycles. The van der Waals surface area contributed by atoms with E-state index in [0.29, 0.717) is 6.54 Å². The first-order chi connectivity index (χ1) is 11.3. The summed E-state index contributed by atoms with van der Waals surface area (Å²) in [5.41, 5.74) is -0.0694. The number of benzene rings is 1. The van der Waals surface area contributed by atoms with Gasteiger partial charge < -0.3 is 15.0 Å². The highest BCUT2D eigenvalue weighted by Gasteiger charge is 2.34. The van der Waals surface area contributed by atoms with Crippen molar-refractivity contribution in [2.75, 3.05) is 6.61 Å². The summed E-state index contributed by atoms with van der Waals surface area (Å²) in [6.45, 7) is 3.50. The van der Waals surface area contributed by atoms with E-state index < -0.39 is 11.9 Å². The largest absolute Gasteiger partial charge is 0.434 e. The van der Waals surface area contributed by atoms with Gasteiger partial charge in [0.2, 0.25) is 5.91 Å². The van der Waals surface area contributed by atoms with Crippen LogP contribution in [0.1, 0.15) is 31.4 Å². The van der Waals surface area contributed by atoms with Gasteiger partial charge in [-0.1, -0.05) is 37.8 Å². The Balaban J connectivity index is 0.00000134. The summed E-state index contributed by atoms with van der Waals surface area (Å²) in [5, 5.41) is 10.2. The van der Waals surface area contributed by atoms with Crippen LogP contribution in [-0.4, -0.2) is 27.2 Å². The first-order valence-corrected chi connectivity index (χ1v) is 7.30. The van der Waals surface area contributed by atoms with Crippen LogP contribution < -0.4 is 5.32 Å². The maximum absolute atomic E-state index is 12.5. The zero-order valence-corrected chi connectivity index (χ0v) is 13.5. The minimum Gasteiger partial charge on any atom is -0.397 e. The van der Waals surface area contributed by atoms with E-state index in [4.69, 9.17) is 5.11 Å². The number of nitrogens with zero attached hydrogens (tertiary/aromatic N) is 2. The number of aliphatic hydroxyl groups excluding tert-OH is 1. The van der Waals surface area contributed by atoms with Crippen LogP contribution in [0.2, 0.25) is 0 Å². The molecular weight excluding hydrogens is 335 g/mol. The second-order valence-electron chi connectivity index (χ2n) is 4.88. The van der Waals surface area contributed by atoms with Crippen LogP contribution in [0.3, 0.4) is 0 Å². The van der Waals surface area contributed by atoms with Gasteiger partial charge in [-0.3, -0.25) is 4.79 Å². The van der Waals surface area contributed by atoms with Crippen molar-refractivity contribution in [3.63, 3.8) is 0 Å². The molecule has 0 saturated heterocycles. The van der Waals surface area contributed by atoms with Gasteiger partial charge in [0.1, 0.15) is 12.4 Å². The molecule has 0 saturated carbocycles. The second-order valence-corrected chi connectivity index (χ2v) is 4.88. The van der Waals surface area contributed by atoms with Crippen LogP contribution in [0.5, 0.6) is 0 Å². The van der Waals surface area contributed by atoms with E-state index in [1.165, 1.54) is 11.5 Å². The number of hydrogen-bond donors (Lipinski definition) is 2. The van der Waals surface area contributed by atoms with Crippen molar-refractivity contribution >= 4 is 5.91 Å². The number of imidazole rings is 1. The zero-order chi connectivity index (χ0) is 18.2. The van der Waals surface area contributed by atoms with Gasteiger partial charge in [-0.15, -0.1) is 0 Å². The predicted molar refractivity (Wildman–Crippen MR) is 89.7 cm³/mol. The smallest absolute Gasteiger partial charge is 0.397 e. The molecule has 8 heteroatoms. The van der Waals surface area contributed by atoms with Crippen LogP contribution in [0.15, 0.2) is 36.5 Å². The maximum atomic E-state index is 12.5. The lowest BCUT2D eigenvalue weighted by atomic mass is 10.2. The highest BCUT2D eigenvalue weighted by atomic mass is 19.4. The Labute approximate surface area is 145 Å². The van der Waals surface area contributed by atoms with Crippen molar-refractivity contribution in [1.29, 1.82) is 0 Å². The van der Waals surface area contributed by atoms with Crippen molar-refractivity contribution in [3.8, 4) is 0 Å². The molecule has 25 heavy (non-hydrogen) atoms. The molecule has 5 nitrogen and oxygen atoms in total. The van der Waals surface area contributed by atoms with E-state index in [0.717, 1.165) is 11.8 Å². The van der Waals surface area contributed by atoms with Crippen molar-refractivity contribution in [1.82, 2.24) is 14.9 Å². The molecule has 0 unspecified atom stereocenters. The number of nitrogens with one attached hydrogen (secondary N) is 1. The van der Waals surface area contributed by atoms with Crippen LogP contribution >= 0.6 is 0 Å². The summed E-state index contributed by atoms with van der Waals surface area (Å²) in [7, 11) is 0. The molecule has 1 amide bonds. The average Bonchev–Trinajstić information content (AvgIpc) is 2.88. The number of hydrogen-bond acceptors (Lipinski definition) is 3. The number of aromatic nitrogens is 2. The van der Waals surface area contributed by atoms with Gasteiger partial charge in [-0.05, 0) is 19.4 Å². The molecule has 1 heterocycles. The number of aryl methyl sites for hydroxylation is 1.